The van der Waals surface area contributed by atoms with Crippen LogP contribution in [0.5, 0.6) is 0 Å². The summed E-state index contributed by atoms with van der Waals surface area (Å²) in [6.45, 7) is 1.52. The van der Waals surface area contributed by atoms with Gasteiger partial charge in [0.05, 0.1) is 11.1 Å². The number of hydrogen-bond donors (Lipinski definition) is 1. The van der Waals surface area contributed by atoms with Gasteiger partial charge in [-0.05, 0) is 12.1 Å². The van der Waals surface area contributed by atoms with E-state index in [2.05, 4.69) is 0 Å². The van der Waals surface area contributed by atoms with Crippen molar-refractivity contribution in [3.05, 3.63) is 35.4 Å². The summed E-state index contributed by atoms with van der Waals surface area (Å²) in [6.07, 6.45) is -7.34. The lowest BCUT2D eigenvalue weighted by atomic mass is 9.96. The van der Waals surface area contributed by atoms with Gasteiger partial charge < -0.3 is 18.9 Å². The van der Waals surface area contributed by atoms with Crippen molar-refractivity contribution in [3.8, 4) is 0 Å². The molecule has 2 aliphatic heterocycles. The van der Waals surface area contributed by atoms with E-state index >= 15 is 4.39 Å². The number of benzene rings is 1. The highest BCUT2D eigenvalue weighted by Gasteiger charge is 2.57. The smallest absolute Gasteiger partial charge is 0.303 e. The van der Waals surface area contributed by atoms with E-state index in [1.807, 2.05) is 0 Å². The predicted molar refractivity (Wildman–Crippen MR) is 116 cm³/mol. The van der Waals surface area contributed by atoms with E-state index in [4.69, 9.17) is 59.2 Å². The number of esters is 2. The van der Waals surface area contributed by atoms with Crippen LogP contribution in [0.2, 0.25) is 0 Å². The van der Waals surface area contributed by atoms with Crippen LogP contribution in [0.4, 0.5) is 4.39 Å². The van der Waals surface area contributed by atoms with Crippen LogP contribution in [0.25, 0.3) is 0 Å². The molecule has 5 atom stereocenters. The predicted octanol–water partition coefficient (Wildman–Crippen LogP) is 2.57. The summed E-state index contributed by atoms with van der Waals surface area (Å²) in [4.78, 5) is 49.5. The van der Waals surface area contributed by atoms with Gasteiger partial charge in [0.1, 0.15) is 18.8 Å². The van der Waals surface area contributed by atoms with Crippen molar-refractivity contribution in [1.82, 2.24) is 4.90 Å². The molecule has 1 fully saturated rings. The standard InChI is InChI=1S/C20H18Cl3FN2O8/c1-8(27)31-7-12-15(32-9(2)28)13(24)14(18(33-12)34-19(25)20(21,22)23)26-16(29)10-5-3-4-6-11(10)17(26)30/h3-6,12-15,18,25H,7H2,1-2H3/t12-,13-,14-,15-,18+/m1/s1. The average molecular weight is 540 g/mol. The number of halogens is 4. The molecule has 0 aliphatic carbocycles. The third kappa shape index (κ3) is 5.27. The molecule has 0 bridgehead atoms. The molecule has 0 radical (unpaired) electrons. The van der Waals surface area contributed by atoms with E-state index < -0.39 is 70.8 Å². The summed E-state index contributed by atoms with van der Waals surface area (Å²) in [5.74, 6) is -4.38. The quantitative estimate of drug-likeness (QED) is 0.199. The lowest BCUT2D eigenvalue weighted by Gasteiger charge is -2.44. The topological polar surface area (TPSA) is 132 Å². The lowest BCUT2D eigenvalue weighted by molar-refractivity contribution is -0.254. The second-order valence-corrected chi connectivity index (χ2v) is 9.61. The number of carbonyl (C=O) groups is 4. The first-order chi connectivity index (χ1) is 15.8. The first-order valence-corrected chi connectivity index (χ1v) is 10.9. The van der Waals surface area contributed by atoms with Gasteiger partial charge in [-0.25, -0.2) is 4.39 Å². The average Bonchev–Trinajstić information content (AvgIpc) is 2.99. The minimum Gasteiger partial charge on any atom is -0.463 e. The zero-order chi connectivity index (χ0) is 25.4. The molecule has 0 unspecified atom stereocenters. The first kappa shape index (κ1) is 26.1. The Morgan fingerprint density at radius 3 is 2.12 bits per heavy atom. The zero-order valence-corrected chi connectivity index (χ0v) is 19.9. The molecule has 0 aromatic heterocycles. The number of hydrogen-bond acceptors (Lipinski definition) is 9. The fourth-order valence-corrected chi connectivity index (χ4v) is 3.70. The van der Waals surface area contributed by atoms with Crippen molar-refractivity contribution >= 4 is 64.5 Å². The molecule has 14 heteroatoms. The molecule has 184 valence electrons. The Hall–Kier alpha value is -2.47. The fraction of sp³-hybridized carbons (Fsp3) is 0.450. The summed E-state index contributed by atoms with van der Waals surface area (Å²) < 4.78 is 34.3. The summed E-state index contributed by atoms with van der Waals surface area (Å²) >= 11 is 17.0. The number of fused-ring (bicyclic) bond motifs is 1. The van der Waals surface area contributed by atoms with Crippen LogP contribution >= 0.6 is 34.8 Å². The minimum atomic E-state index is -2.39. The molecule has 1 saturated heterocycles. The van der Waals surface area contributed by atoms with Gasteiger partial charge >= 0.3 is 11.9 Å². The molecular formula is C20H18Cl3FN2O8. The zero-order valence-electron chi connectivity index (χ0n) is 17.6. The van der Waals surface area contributed by atoms with Crippen molar-refractivity contribution in [3.63, 3.8) is 0 Å². The van der Waals surface area contributed by atoms with Crippen LogP contribution in [-0.4, -0.2) is 75.7 Å². The van der Waals surface area contributed by atoms with Gasteiger partial charge in [0.25, 0.3) is 15.6 Å². The lowest BCUT2D eigenvalue weighted by Crippen LogP contribution is -2.65. The summed E-state index contributed by atoms with van der Waals surface area (Å²) in [7, 11) is 0. The van der Waals surface area contributed by atoms with Crippen LogP contribution < -0.4 is 0 Å². The Morgan fingerprint density at radius 1 is 1.09 bits per heavy atom. The van der Waals surface area contributed by atoms with E-state index in [9.17, 15) is 19.2 Å². The van der Waals surface area contributed by atoms with Gasteiger partial charge in [-0.2, -0.15) is 0 Å². The monoisotopic (exact) mass is 538 g/mol. The van der Waals surface area contributed by atoms with Gasteiger partial charge in [-0.1, -0.05) is 46.9 Å². The molecule has 10 nitrogen and oxygen atoms in total. The van der Waals surface area contributed by atoms with Gasteiger partial charge in [0.15, 0.2) is 12.3 Å². The van der Waals surface area contributed by atoms with Crippen molar-refractivity contribution in [2.75, 3.05) is 6.61 Å². The van der Waals surface area contributed by atoms with Crippen molar-refractivity contribution in [2.45, 2.75) is 48.4 Å². The SMILES string of the molecule is CC(=O)OC[C@H]1O[C@@H](OC(=N)C(Cl)(Cl)Cl)[C@H](N2C(=O)c3ccccc3C2=O)[C@@H](F)[C@@H]1OC(C)=O. The number of rotatable bonds is 5. The van der Waals surface area contributed by atoms with Crippen molar-refractivity contribution < 1.29 is 42.5 Å². The Morgan fingerprint density at radius 2 is 1.65 bits per heavy atom. The minimum absolute atomic E-state index is 0.000904. The third-order valence-corrected chi connectivity index (χ3v) is 5.48. The van der Waals surface area contributed by atoms with Crippen LogP contribution in [0, 0.1) is 5.41 Å². The maximum atomic E-state index is 16.0. The molecule has 2 heterocycles. The van der Waals surface area contributed by atoms with Gasteiger partial charge in [-0.3, -0.25) is 29.5 Å². The maximum absolute atomic E-state index is 16.0. The largest absolute Gasteiger partial charge is 0.463 e. The Kier molecular flexibility index (Phi) is 7.71. The Labute approximate surface area is 207 Å². The molecule has 0 spiro atoms. The second-order valence-electron chi connectivity index (χ2n) is 7.33. The van der Waals surface area contributed by atoms with Crippen LogP contribution in [-0.2, 0) is 28.5 Å². The number of carbonyl (C=O) groups excluding carboxylic acids is 4. The highest BCUT2D eigenvalue weighted by Crippen LogP contribution is 2.37. The summed E-state index contributed by atoms with van der Waals surface area (Å²) in [5, 5.41) is 7.85. The molecule has 1 aromatic carbocycles. The van der Waals surface area contributed by atoms with Crippen molar-refractivity contribution in [2.24, 2.45) is 0 Å². The molecule has 2 amide bonds. The Balaban J connectivity index is 2.03. The molecule has 34 heavy (non-hydrogen) atoms. The highest BCUT2D eigenvalue weighted by molar-refractivity contribution is 6.76. The first-order valence-electron chi connectivity index (χ1n) is 9.72. The summed E-state index contributed by atoms with van der Waals surface area (Å²) in [6, 6.07) is 3.91. The van der Waals surface area contributed by atoms with Crippen LogP contribution in [0.1, 0.15) is 34.6 Å². The van der Waals surface area contributed by atoms with Crippen LogP contribution in [0.3, 0.4) is 0 Å². The van der Waals surface area contributed by atoms with Crippen LogP contribution in [0.15, 0.2) is 24.3 Å². The number of amides is 2. The van der Waals surface area contributed by atoms with Crippen molar-refractivity contribution in [1.29, 1.82) is 5.41 Å². The highest BCUT2D eigenvalue weighted by atomic mass is 35.6. The fourth-order valence-electron chi connectivity index (χ4n) is 3.57. The normalized spacial score (nSPS) is 26.6. The van der Waals surface area contributed by atoms with E-state index in [0.29, 0.717) is 4.90 Å². The molecule has 2 aliphatic rings. The molecule has 3 rings (SSSR count). The van der Waals surface area contributed by atoms with E-state index in [0.717, 1.165) is 13.8 Å². The molecule has 1 aromatic rings. The van der Waals surface area contributed by atoms with Gasteiger partial charge in [0, 0.05) is 13.8 Å². The summed E-state index contributed by atoms with van der Waals surface area (Å²) in [5.41, 5.74) is 0.00181. The van der Waals surface area contributed by atoms with E-state index in [1.54, 1.807) is 0 Å². The molecule has 1 N–H and O–H groups in total. The number of nitrogens with zero attached hydrogens (tertiary/aromatic N) is 1. The number of alkyl halides is 4. The molecule has 0 saturated carbocycles. The number of nitrogens with one attached hydrogen (secondary N) is 1. The maximum Gasteiger partial charge on any atom is 0.303 e. The number of ether oxygens (including phenoxy) is 4. The van der Waals surface area contributed by atoms with Gasteiger partial charge in [-0.15, -0.1) is 0 Å². The van der Waals surface area contributed by atoms with E-state index in [-0.39, 0.29) is 11.1 Å². The Bertz CT molecular complexity index is 998. The second kappa shape index (κ2) is 10.0. The number of imide groups is 1. The van der Waals surface area contributed by atoms with Gasteiger partial charge in [0.2, 0.25) is 12.2 Å². The third-order valence-electron chi connectivity index (χ3n) is 4.96. The molecular weight excluding hydrogens is 522 g/mol. The van der Waals surface area contributed by atoms with E-state index in [1.165, 1.54) is 24.3 Å².